The summed E-state index contributed by atoms with van der Waals surface area (Å²) in [6.45, 7) is 11.2. The van der Waals surface area contributed by atoms with Crippen molar-refractivity contribution in [2.75, 3.05) is 39.3 Å². The topological polar surface area (TPSA) is 80.2 Å². The number of nitrogens with one attached hydrogen (secondary N) is 2. The Morgan fingerprint density at radius 3 is 2.44 bits per heavy atom. The number of nitrogens with zero attached hydrogens (tertiary/aromatic N) is 3. The average molecular weight is 376 g/mol. The van der Waals surface area contributed by atoms with E-state index in [4.69, 9.17) is 4.99 Å². The summed E-state index contributed by atoms with van der Waals surface area (Å²) in [5.74, 6) is 0.969. The molecule has 0 spiro atoms. The molecule has 0 aromatic heterocycles. The van der Waals surface area contributed by atoms with Gasteiger partial charge >= 0.3 is 0 Å². The summed E-state index contributed by atoms with van der Waals surface area (Å²) in [5.41, 5.74) is 1.96. The van der Waals surface area contributed by atoms with Gasteiger partial charge in [-0.3, -0.25) is 9.69 Å². The van der Waals surface area contributed by atoms with Gasteiger partial charge in [0.05, 0.1) is 19.7 Å². The number of hydrogen-bond acceptors (Lipinski definition) is 4. The normalized spacial score (nSPS) is 15.9. The Morgan fingerprint density at radius 1 is 1.19 bits per heavy atom. The Labute approximate surface area is 162 Å². The second-order valence-electron chi connectivity index (χ2n) is 7.08. The van der Waals surface area contributed by atoms with Gasteiger partial charge in [0.1, 0.15) is 0 Å². The highest BCUT2D eigenvalue weighted by atomic mass is 16.3. The summed E-state index contributed by atoms with van der Waals surface area (Å²) in [4.78, 5) is 21.1. The zero-order chi connectivity index (χ0) is 19.6. The van der Waals surface area contributed by atoms with E-state index in [2.05, 4.69) is 27.4 Å². The van der Waals surface area contributed by atoms with Crippen molar-refractivity contribution in [1.82, 2.24) is 20.4 Å². The van der Waals surface area contributed by atoms with Gasteiger partial charge in [-0.2, -0.15) is 0 Å². The number of carbonyl (C=O) groups is 1. The Morgan fingerprint density at radius 2 is 1.85 bits per heavy atom. The van der Waals surface area contributed by atoms with Gasteiger partial charge in [0.25, 0.3) is 0 Å². The highest BCUT2D eigenvalue weighted by Gasteiger charge is 2.21. The van der Waals surface area contributed by atoms with E-state index in [1.807, 2.05) is 38.1 Å². The summed E-state index contributed by atoms with van der Waals surface area (Å²) in [5, 5.41) is 15.8. The predicted molar refractivity (Wildman–Crippen MR) is 108 cm³/mol. The molecule has 1 heterocycles. The summed E-state index contributed by atoms with van der Waals surface area (Å²) < 4.78 is 0. The third kappa shape index (κ3) is 6.84. The second-order valence-corrected chi connectivity index (χ2v) is 7.08. The van der Waals surface area contributed by atoms with Gasteiger partial charge in [-0.05, 0) is 31.9 Å². The monoisotopic (exact) mass is 375 g/mol. The smallest absolute Gasteiger partial charge is 0.234 e. The molecular weight excluding hydrogens is 342 g/mol. The molecule has 1 aromatic carbocycles. The van der Waals surface area contributed by atoms with Crippen LogP contribution >= 0.6 is 0 Å². The van der Waals surface area contributed by atoms with Gasteiger partial charge < -0.3 is 20.6 Å². The number of aliphatic imine (C=N–C) groups is 1. The SMILES string of the molecule is CCNC(=NCc1ccccc1CO)N1CCN(CC(=O)NC(C)C)CC1. The minimum Gasteiger partial charge on any atom is -0.392 e. The van der Waals surface area contributed by atoms with Crippen molar-refractivity contribution in [3.63, 3.8) is 0 Å². The van der Waals surface area contributed by atoms with Crippen LogP contribution in [0.1, 0.15) is 31.9 Å². The highest BCUT2D eigenvalue weighted by molar-refractivity contribution is 5.80. The Balaban J connectivity index is 1.93. The van der Waals surface area contributed by atoms with Crippen LogP contribution in [-0.2, 0) is 17.9 Å². The lowest BCUT2D eigenvalue weighted by Crippen LogP contribution is -2.54. The number of amides is 1. The molecule has 0 saturated carbocycles. The molecule has 1 aliphatic rings. The number of guanidine groups is 1. The number of benzene rings is 1. The molecule has 3 N–H and O–H groups in total. The van der Waals surface area contributed by atoms with Crippen LogP contribution in [-0.4, -0.2) is 72.1 Å². The van der Waals surface area contributed by atoms with Gasteiger partial charge in [0, 0.05) is 38.8 Å². The standard InChI is InChI=1S/C20H33N5O2/c1-4-21-20(22-13-17-7-5-6-8-18(17)15-26)25-11-9-24(10-12-25)14-19(27)23-16(2)3/h5-8,16,26H,4,9-15H2,1-3H3,(H,21,22)(H,23,27). The minimum atomic E-state index is 0.0271. The van der Waals surface area contributed by atoms with Crippen molar-refractivity contribution < 1.29 is 9.90 Å². The van der Waals surface area contributed by atoms with Crippen molar-refractivity contribution in [2.45, 2.75) is 40.0 Å². The molecule has 0 aliphatic carbocycles. The van der Waals surface area contributed by atoms with Crippen molar-refractivity contribution in [3.05, 3.63) is 35.4 Å². The largest absolute Gasteiger partial charge is 0.392 e. The van der Waals surface area contributed by atoms with Crippen LogP contribution in [0.2, 0.25) is 0 Å². The highest BCUT2D eigenvalue weighted by Crippen LogP contribution is 2.11. The molecule has 0 unspecified atom stereocenters. The van der Waals surface area contributed by atoms with Crippen LogP contribution in [0.4, 0.5) is 0 Å². The van der Waals surface area contributed by atoms with Crippen molar-refractivity contribution in [1.29, 1.82) is 0 Å². The van der Waals surface area contributed by atoms with Crippen LogP contribution in [0.25, 0.3) is 0 Å². The Kier molecular flexibility index (Phi) is 8.54. The quantitative estimate of drug-likeness (QED) is 0.485. The predicted octanol–water partition coefficient (Wildman–Crippen LogP) is 0.787. The van der Waals surface area contributed by atoms with E-state index < -0.39 is 0 Å². The number of aliphatic hydroxyl groups excluding tert-OH is 1. The summed E-state index contributed by atoms with van der Waals surface area (Å²) in [6, 6.07) is 8.01. The fraction of sp³-hybridized carbons (Fsp3) is 0.600. The number of piperazine rings is 1. The molecule has 1 aromatic rings. The van der Waals surface area contributed by atoms with E-state index in [0.29, 0.717) is 13.1 Å². The maximum atomic E-state index is 11.9. The zero-order valence-corrected chi connectivity index (χ0v) is 16.7. The third-order valence-electron chi connectivity index (χ3n) is 4.51. The first-order valence-corrected chi connectivity index (χ1v) is 9.76. The van der Waals surface area contributed by atoms with E-state index in [9.17, 15) is 9.90 Å². The zero-order valence-electron chi connectivity index (χ0n) is 16.7. The molecule has 2 rings (SSSR count). The molecule has 150 valence electrons. The van der Waals surface area contributed by atoms with Gasteiger partial charge in [0.15, 0.2) is 5.96 Å². The molecular formula is C20H33N5O2. The lowest BCUT2D eigenvalue weighted by Gasteiger charge is -2.36. The van der Waals surface area contributed by atoms with Crippen molar-refractivity contribution >= 4 is 11.9 Å². The average Bonchev–Trinajstić information content (AvgIpc) is 2.65. The van der Waals surface area contributed by atoms with E-state index in [1.54, 1.807) is 0 Å². The molecule has 1 fully saturated rings. The molecule has 0 radical (unpaired) electrons. The number of carbonyl (C=O) groups excluding carboxylic acids is 1. The summed E-state index contributed by atoms with van der Waals surface area (Å²) >= 11 is 0. The lowest BCUT2D eigenvalue weighted by atomic mass is 10.1. The van der Waals surface area contributed by atoms with Gasteiger partial charge in [-0.25, -0.2) is 4.99 Å². The number of aliphatic hydroxyl groups is 1. The molecule has 0 atom stereocenters. The lowest BCUT2D eigenvalue weighted by molar-refractivity contribution is -0.123. The Hall–Kier alpha value is -2.12. The molecule has 1 saturated heterocycles. The van der Waals surface area contributed by atoms with E-state index in [1.165, 1.54) is 0 Å². The van der Waals surface area contributed by atoms with Crippen LogP contribution < -0.4 is 10.6 Å². The first kappa shape index (κ1) is 21.2. The third-order valence-corrected chi connectivity index (χ3v) is 4.51. The summed E-state index contributed by atoms with van der Waals surface area (Å²) in [6.07, 6.45) is 0. The van der Waals surface area contributed by atoms with Crippen LogP contribution in [0, 0.1) is 0 Å². The van der Waals surface area contributed by atoms with Crippen LogP contribution in [0.5, 0.6) is 0 Å². The maximum absolute atomic E-state index is 11.9. The number of hydrogen-bond donors (Lipinski definition) is 3. The van der Waals surface area contributed by atoms with E-state index in [0.717, 1.165) is 49.8 Å². The molecule has 27 heavy (non-hydrogen) atoms. The first-order chi connectivity index (χ1) is 13.0. The number of rotatable bonds is 7. The molecule has 1 amide bonds. The molecule has 0 bridgehead atoms. The van der Waals surface area contributed by atoms with Crippen LogP contribution in [0.3, 0.4) is 0 Å². The van der Waals surface area contributed by atoms with Gasteiger partial charge in [-0.1, -0.05) is 24.3 Å². The first-order valence-electron chi connectivity index (χ1n) is 9.76. The van der Waals surface area contributed by atoms with Gasteiger partial charge in [-0.15, -0.1) is 0 Å². The Bertz CT molecular complexity index is 625. The molecule has 7 nitrogen and oxygen atoms in total. The summed E-state index contributed by atoms with van der Waals surface area (Å²) in [7, 11) is 0. The van der Waals surface area contributed by atoms with Gasteiger partial charge in [0.2, 0.25) is 5.91 Å². The molecule has 7 heteroatoms. The second kappa shape index (κ2) is 10.9. The van der Waals surface area contributed by atoms with Crippen molar-refractivity contribution in [2.24, 2.45) is 4.99 Å². The molecule has 1 aliphatic heterocycles. The van der Waals surface area contributed by atoms with E-state index in [-0.39, 0.29) is 18.6 Å². The van der Waals surface area contributed by atoms with Crippen molar-refractivity contribution in [3.8, 4) is 0 Å². The fourth-order valence-electron chi connectivity index (χ4n) is 3.14. The van der Waals surface area contributed by atoms with E-state index >= 15 is 0 Å². The van der Waals surface area contributed by atoms with Crippen LogP contribution in [0.15, 0.2) is 29.3 Å². The maximum Gasteiger partial charge on any atom is 0.234 e. The minimum absolute atomic E-state index is 0.0271. The fourth-order valence-corrected chi connectivity index (χ4v) is 3.14.